The van der Waals surface area contributed by atoms with Crippen molar-refractivity contribution in [3.8, 4) is 22.9 Å². The Morgan fingerprint density at radius 2 is 1.96 bits per heavy atom. The van der Waals surface area contributed by atoms with Gasteiger partial charge < -0.3 is 18.9 Å². The summed E-state index contributed by atoms with van der Waals surface area (Å²) in [5.74, 6) is 2.32. The highest BCUT2D eigenvalue weighted by Gasteiger charge is 2.35. The minimum atomic E-state index is -0.0818. The monoisotopic (exact) mass is 399 g/mol. The molecule has 3 aromatic rings. The molecule has 0 saturated carbocycles. The number of ether oxygens (including phenoxy) is 2. The minimum absolute atomic E-state index is 0.0172. The van der Waals surface area contributed by atoms with E-state index in [1.165, 1.54) is 0 Å². The molecule has 1 saturated heterocycles. The standard InChI is InChI=1S/C20H18ClN3O4/c1-26-16-5-7-17(8-6-16)27-12-18(25)24-10-14(11-24)20-22-19(23-28-20)13-3-2-4-15(21)9-13/h2-9,14H,10-12H2,1H3. The molecule has 0 spiro atoms. The SMILES string of the molecule is COc1ccc(OCC(=O)N2CC(c3nc(-c4cccc(Cl)c4)no3)C2)cc1. The minimum Gasteiger partial charge on any atom is -0.497 e. The van der Waals surface area contributed by atoms with Crippen LogP contribution in [-0.2, 0) is 4.79 Å². The van der Waals surface area contributed by atoms with Crippen molar-refractivity contribution in [2.24, 2.45) is 0 Å². The van der Waals surface area contributed by atoms with Gasteiger partial charge in [0.05, 0.1) is 13.0 Å². The number of carbonyl (C=O) groups is 1. The quantitative estimate of drug-likeness (QED) is 0.632. The Kier molecular flexibility index (Phi) is 5.16. The second-order valence-electron chi connectivity index (χ2n) is 6.43. The summed E-state index contributed by atoms with van der Waals surface area (Å²) >= 11 is 6.00. The van der Waals surface area contributed by atoms with Gasteiger partial charge in [0.1, 0.15) is 11.5 Å². The summed E-state index contributed by atoms with van der Waals surface area (Å²) in [6.07, 6.45) is 0. The largest absolute Gasteiger partial charge is 0.497 e. The average Bonchev–Trinajstić information content (AvgIpc) is 3.15. The Morgan fingerprint density at radius 3 is 2.68 bits per heavy atom. The zero-order chi connectivity index (χ0) is 19.5. The normalized spacial score (nSPS) is 13.9. The van der Waals surface area contributed by atoms with Gasteiger partial charge in [-0.25, -0.2) is 0 Å². The van der Waals surface area contributed by atoms with Crippen molar-refractivity contribution in [2.45, 2.75) is 5.92 Å². The molecule has 2 aromatic carbocycles. The zero-order valence-electron chi connectivity index (χ0n) is 15.2. The van der Waals surface area contributed by atoms with Gasteiger partial charge in [-0.2, -0.15) is 4.98 Å². The first-order valence-electron chi connectivity index (χ1n) is 8.76. The van der Waals surface area contributed by atoms with E-state index < -0.39 is 0 Å². The van der Waals surface area contributed by atoms with Crippen LogP contribution in [0.5, 0.6) is 11.5 Å². The summed E-state index contributed by atoms with van der Waals surface area (Å²) < 4.78 is 16.0. The Morgan fingerprint density at radius 1 is 1.21 bits per heavy atom. The van der Waals surface area contributed by atoms with Gasteiger partial charge in [-0.15, -0.1) is 0 Å². The van der Waals surface area contributed by atoms with Crippen molar-refractivity contribution >= 4 is 17.5 Å². The highest BCUT2D eigenvalue weighted by Crippen LogP contribution is 2.28. The van der Waals surface area contributed by atoms with Crippen LogP contribution in [0.15, 0.2) is 53.1 Å². The topological polar surface area (TPSA) is 77.7 Å². The fraction of sp³-hybridized carbons (Fsp3) is 0.250. The van der Waals surface area contributed by atoms with Crippen molar-refractivity contribution in [3.05, 3.63) is 59.4 Å². The van der Waals surface area contributed by atoms with Crippen molar-refractivity contribution < 1.29 is 18.8 Å². The van der Waals surface area contributed by atoms with E-state index in [0.29, 0.717) is 35.6 Å². The maximum Gasteiger partial charge on any atom is 0.260 e. The lowest BCUT2D eigenvalue weighted by Gasteiger charge is -2.36. The van der Waals surface area contributed by atoms with Crippen LogP contribution >= 0.6 is 11.6 Å². The molecule has 0 aliphatic carbocycles. The molecule has 1 aliphatic heterocycles. The first kappa shape index (κ1) is 18.3. The lowest BCUT2D eigenvalue weighted by molar-refractivity contribution is -0.138. The van der Waals surface area contributed by atoms with E-state index in [4.69, 9.17) is 25.6 Å². The van der Waals surface area contributed by atoms with Crippen LogP contribution in [0.4, 0.5) is 0 Å². The van der Waals surface area contributed by atoms with Gasteiger partial charge in [-0.05, 0) is 36.4 Å². The van der Waals surface area contributed by atoms with Gasteiger partial charge in [0.15, 0.2) is 6.61 Å². The lowest BCUT2D eigenvalue weighted by Crippen LogP contribution is -2.50. The molecule has 8 heteroatoms. The van der Waals surface area contributed by atoms with Crippen molar-refractivity contribution in [1.82, 2.24) is 15.0 Å². The molecule has 144 valence electrons. The molecule has 4 rings (SSSR count). The fourth-order valence-electron chi connectivity index (χ4n) is 2.89. The number of aromatic nitrogens is 2. The fourth-order valence-corrected chi connectivity index (χ4v) is 3.08. The molecule has 0 radical (unpaired) electrons. The molecule has 7 nitrogen and oxygen atoms in total. The number of halogens is 1. The summed E-state index contributed by atoms with van der Waals surface area (Å²) in [6, 6.07) is 14.4. The molecule has 0 atom stereocenters. The first-order chi connectivity index (χ1) is 13.6. The van der Waals surface area contributed by atoms with Crippen LogP contribution in [0.3, 0.4) is 0 Å². The summed E-state index contributed by atoms with van der Waals surface area (Å²) in [4.78, 5) is 18.4. The number of carbonyl (C=O) groups excluding carboxylic acids is 1. The van der Waals surface area contributed by atoms with Gasteiger partial charge in [0, 0.05) is 23.7 Å². The van der Waals surface area contributed by atoms with E-state index in [1.807, 2.05) is 12.1 Å². The van der Waals surface area contributed by atoms with E-state index in [2.05, 4.69) is 10.1 Å². The number of amides is 1. The van der Waals surface area contributed by atoms with Gasteiger partial charge in [-0.1, -0.05) is 28.9 Å². The van der Waals surface area contributed by atoms with Crippen LogP contribution in [0.2, 0.25) is 5.02 Å². The zero-order valence-corrected chi connectivity index (χ0v) is 15.9. The van der Waals surface area contributed by atoms with Crippen molar-refractivity contribution in [3.63, 3.8) is 0 Å². The van der Waals surface area contributed by atoms with Gasteiger partial charge in [-0.3, -0.25) is 4.79 Å². The maximum atomic E-state index is 12.3. The molecule has 0 unspecified atom stereocenters. The van der Waals surface area contributed by atoms with E-state index in [0.717, 1.165) is 11.3 Å². The molecular weight excluding hydrogens is 382 g/mol. The van der Waals surface area contributed by atoms with E-state index in [1.54, 1.807) is 48.4 Å². The van der Waals surface area contributed by atoms with Crippen molar-refractivity contribution in [2.75, 3.05) is 26.8 Å². The molecule has 1 fully saturated rings. The van der Waals surface area contributed by atoms with Crippen LogP contribution < -0.4 is 9.47 Å². The van der Waals surface area contributed by atoms with E-state index >= 15 is 0 Å². The highest BCUT2D eigenvalue weighted by molar-refractivity contribution is 6.30. The number of hydrogen-bond acceptors (Lipinski definition) is 6. The first-order valence-corrected chi connectivity index (χ1v) is 9.14. The van der Waals surface area contributed by atoms with Gasteiger partial charge in [0.2, 0.25) is 11.7 Å². The number of methoxy groups -OCH3 is 1. The molecule has 0 bridgehead atoms. The number of hydrogen-bond donors (Lipinski definition) is 0. The molecule has 1 amide bonds. The number of rotatable bonds is 6. The average molecular weight is 400 g/mol. The molecule has 1 aromatic heterocycles. The molecule has 1 aliphatic rings. The number of benzene rings is 2. The third-order valence-electron chi connectivity index (χ3n) is 4.53. The van der Waals surface area contributed by atoms with Crippen LogP contribution in [-0.4, -0.2) is 47.8 Å². The number of nitrogens with zero attached hydrogens (tertiary/aromatic N) is 3. The Bertz CT molecular complexity index is 968. The molecule has 0 N–H and O–H groups in total. The van der Waals surface area contributed by atoms with Crippen LogP contribution in [0.25, 0.3) is 11.4 Å². The van der Waals surface area contributed by atoms with Crippen LogP contribution in [0, 0.1) is 0 Å². The lowest BCUT2D eigenvalue weighted by atomic mass is 10.0. The Balaban J connectivity index is 1.28. The third-order valence-corrected chi connectivity index (χ3v) is 4.76. The third kappa shape index (κ3) is 3.94. The smallest absolute Gasteiger partial charge is 0.260 e. The molecular formula is C20H18ClN3O4. The second-order valence-corrected chi connectivity index (χ2v) is 6.86. The van der Waals surface area contributed by atoms with Gasteiger partial charge >= 0.3 is 0 Å². The predicted octanol–water partition coefficient (Wildman–Crippen LogP) is 3.40. The summed E-state index contributed by atoms with van der Waals surface area (Å²) in [7, 11) is 1.60. The predicted molar refractivity (Wildman–Crippen MR) is 103 cm³/mol. The molecule has 2 heterocycles. The van der Waals surface area contributed by atoms with Crippen LogP contribution in [0.1, 0.15) is 11.8 Å². The summed E-state index contributed by atoms with van der Waals surface area (Å²) in [6.45, 7) is 1.04. The van der Waals surface area contributed by atoms with E-state index in [-0.39, 0.29) is 18.4 Å². The number of likely N-dealkylation sites (tertiary alicyclic amines) is 1. The van der Waals surface area contributed by atoms with E-state index in [9.17, 15) is 4.79 Å². The Labute approximate surface area is 166 Å². The second kappa shape index (κ2) is 7.90. The van der Waals surface area contributed by atoms with Gasteiger partial charge in [0.25, 0.3) is 5.91 Å². The highest BCUT2D eigenvalue weighted by atomic mass is 35.5. The molecule has 28 heavy (non-hydrogen) atoms. The summed E-state index contributed by atoms with van der Waals surface area (Å²) in [5.41, 5.74) is 0.794. The maximum absolute atomic E-state index is 12.3. The summed E-state index contributed by atoms with van der Waals surface area (Å²) in [5, 5.41) is 4.62. The Hall–Kier alpha value is -3.06. The van der Waals surface area contributed by atoms with Crippen molar-refractivity contribution in [1.29, 1.82) is 0 Å².